The van der Waals surface area contributed by atoms with E-state index >= 15 is 0 Å². The van der Waals surface area contributed by atoms with Crippen molar-refractivity contribution in [3.63, 3.8) is 0 Å². The highest BCUT2D eigenvalue weighted by Crippen LogP contribution is 2.35. The Bertz CT molecular complexity index is 1130. The van der Waals surface area contributed by atoms with E-state index in [4.69, 9.17) is 0 Å². The van der Waals surface area contributed by atoms with Crippen LogP contribution in [0.5, 0.6) is 0 Å². The van der Waals surface area contributed by atoms with E-state index in [1.165, 1.54) is 55.7 Å². The Labute approximate surface area is 192 Å². The van der Waals surface area contributed by atoms with Gasteiger partial charge in [-0.2, -0.15) is 0 Å². The summed E-state index contributed by atoms with van der Waals surface area (Å²) < 4.78 is 0. The molecule has 0 heteroatoms. The van der Waals surface area contributed by atoms with Gasteiger partial charge in [-0.25, -0.2) is 0 Å². The Morgan fingerprint density at radius 3 is 0.906 bits per heavy atom. The molecule has 0 nitrogen and oxygen atoms in total. The molecule has 0 bridgehead atoms. The molecule has 158 valence electrons. The van der Waals surface area contributed by atoms with Crippen LogP contribution in [0.2, 0.25) is 0 Å². The van der Waals surface area contributed by atoms with Crippen LogP contribution in [0.3, 0.4) is 0 Å². The van der Waals surface area contributed by atoms with Gasteiger partial charge in [0.1, 0.15) is 0 Å². The van der Waals surface area contributed by atoms with Crippen LogP contribution in [-0.4, -0.2) is 0 Å². The third-order valence-corrected chi connectivity index (χ3v) is 5.79. The van der Waals surface area contributed by atoms with Crippen LogP contribution in [0, 0.1) is 27.7 Å². The molecule has 32 heavy (non-hydrogen) atoms. The zero-order valence-electron chi connectivity index (χ0n) is 19.4. The lowest BCUT2D eigenvalue weighted by atomic mass is 9.88. The normalized spacial score (nSPS) is 12.1. The molecule has 0 aliphatic heterocycles. The van der Waals surface area contributed by atoms with Gasteiger partial charge in [-0.1, -0.05) is 119 Å². The van der Waals surface area contributed by atoms with E-state index in [0.29, 0.717) is 0 Å². The van der Waals surface area contributed by atoms with Crippen molar-refractivity contribution in [1.29, 1.82) is 0 Å². The second-order valence-electron chi connectivity index (χ2n) is 8.67. The molecule has 0 aromatic heterocycles. The van der Waals surface area contributed by atoms with Crippen LogP contribution in [0.15, 0.2) is 97.1 Å². The maximum Gasteiger partial charge on any atom is -0.00992 e. The molecule has 0 heterocycles. The van der Waals surface area contributed by atoms with Crippen molar-refractivity contribution in [2.45, 2.75) is 27.7 Å². The molecule has 4 aromatic rings. The molecular weight excluding hydrogens is 384 g/mol. The third kappa shape index (κ3) is 5.34. The summed E-state index contributed by atoms with van der Waals surface area (Å²) in [5.41, 5.74) is 12.4. The van der Waals surface area contributed by atoms with E-state index in [9.17, 15) is 0 Å². The van der Waals surface area contributed by atoms with Crippen LogP contribution < -0.4 is 0 Å². The van der Waals surface area contributed by atoms with E-state index in [0.717, 1.165) is 0 Å². The molecular formula is C32H30. The Kier molecular flexibility index (Phi) is 6.52. The van der Waals surface area contributed by atoms with Gasteiger partial charge in [0.2, 0.25) is 0 Å². The molecule has 0 N–H and O–H groups in total. The Hall–Kier alpha value is -3.64. The summed E-state index contributed by atoms with van der Waals surface area (Å²) in [6.45, 7) is 8.53. The summed E-state index contributed by atoms with van der Waals surface area (Å²) in [6, 6.07) is 35.2. The minimum atomic E-state index is 1.20. The fourth-order valence-corrected chi connectivity index (χ4v) is 3.76. The topological polar surface area (TPSA) is 0 Å². The number of benzene rings is 4. The maximum atomic E-state index is 2.31. The zero-order chi connectivity index (χ0) is 22.5. The fourth-order valence-electron chi connectivity index (χ4n) is 3.76. The van der Waals surface area contributed by atoms with Crippen molar-refractivity contribution < 1.29 is 0 Å². The highest BCUT2D eigenvalue weighted by Gasteiger charge is 2.12. The molecule has 0 aliphatic carbocycles. The Balaban J connectivity index is 1.94. The van der Waals surface area contributed by atoms with E-state index < -0.39 is 0 Å². The number of aryl methyl sites for hydroxylation is 4. The van der Waals surface area contributed by atoms with Crippen molar-refractivity contribution >= 4 is 23.3 Å². The maximum absolute atomic E-state index is 2.31. The second kappa shape index (κ2) is 9.66. The van der Waals surface area contributed by atoms with Gasteiger partial charge in [-0.3, -0.25) is 0 Å². The average molecular weight is 415 g/mol. The molecule has 0 atom stereocenters. The van der Waals surface area contributed by atoms with Gasteiger partial charge in [0.05, 0.1) is 0 Å². The lowest BCUT2D eigenvalue weighted by molar-refractivity contribution is 1.44. The molecule has 0 fully saturated rings. The van der Waals surface area contributed by atoms with Crippen molar-refractivity contribution in [3.05, 3.63) is 142 Å². The third-order valence-electron chi connectivity index (χ3n) is 5.79. The Morgan fingerprint density at radius 2 is 0.625 bits per heavy atom. The monoisotopic (exact) mass is 414 g/mol. The minimum absolute atomic E-state index is 1.20. The smallest absolute Gasteiger partial charge is 0.00992 e. The van der Waals surface area contributed by atoms with Crippen LogP contribution in [0.25, 0.3) is 23.3 Å². The van der Waals surface area contributed by atoms with Gasteiger partial charge in [0.15, 0.2) is 0 Å². The molecule has 0 radical (unpaired) electrons. The summed E-state index contributed by atoms with van der Waals surface area (Å²) in [6.07, 6.45) is 4.62. The van der Waals surface area contributed by atoms with Gasteiger partial charge in [0.25, 0.3) is 0 Å². The fraction of sp³-hybridized carbons (Fsp3) is 0.125. The van der Waals surface area contributed by atoms with Crippen LogP contribution >= 0.6 is 0 Å². The highest BCUT2D eigenvalue weighted by atomic mass is 14.2. The predicted molar refractivity (Wildman–Crippen MR) is 140 cm³/mol. The summed E-state index contributed by atoms with van der Waals surface area (Å²) in [4.78, 5) is 0. The zero-order valence-corrected chi connectivity index (χ0v) is 19.4. The van der Waals surface area contributed by atoms with Crippen molar-refractivity contribution in [2.75, 3.05) is 0 Å². The Morgan fingerprint density at radius 1 is 0.375 bits per heavy atom. The largest absolute Gasteiger partial charge is 0.0587 e. The van der Waals surface area contributed by atoms with Gasteiger partial charge >= 0.3 is 0 Å². The molecule has 0 spiro atoms. The molecule has 4 aromatic carbocycles. The van der Waals surface area contributed by atoms with Crippen molar-refractivity contribution in [3.8, 4) is 0 Å². The van der Waals surface area contributed by atoms with Crippen LogP contribution in [0.1, 0.15) is 44.5 Å². The number of hydrogen-bond donors (Lipinski definition) is 0. The van der Waals surface area contributed by atoms with Crippen LogP contribution in [-0.2, 0) is 0 Å². The van der Waals surface area contributed by atoms with Crippen molar-refractivity contribution in [2.24, 2.45) is 0 Å². The van der Waals surface area contributed by atoms with Gasteiger partial charge in [-0.05, 0) is 73.2 Å². The van der Waals surface area contributed by atoms with Crippen molar-refractivity contribution in [1.82, 2.24) is 0 Å². The van der Waals surface area contributed by atoms with Gasteiger partial charge in [-0.15, -0.1) is 0 Å². The first-order valence-corrected chi connectivity index (χ1v) is 11.2. The summed E-state index contributed by atoms with van der Waals surface area (Å²) in [7, 11) is 0. The molecule has 0 amide bonds. The quantitative estimate of drug-likeness (QED) is 0.226. The SMILES string of the molecule is Cc1ccc(C=C(C(=Cc2ccc(C)cc2)c2ccc(C)cc2)c2ccc(C)cc2)cc1. The van der Waals surface area contributed by atoms with E-state index in [1.54, 1.807) is 0 Å². The van der Waals surface area contributed by atoms with Crippen LogP contribution in [0.4, 0.5) is 0 Å². The first-order chi connectivity index (χ1) is 15.5. The van der Waals surface area contributed by atoms with Gasteiger partial charge < -0.3 is 0 Å². The van der Waals surface area contributed by atoms with E-state index in [1.807, 2.05) is 0 Å². The molecule has 0 unspecified atom stereocenters. The lowest BCUT2D eigenvalue weighted by Crippen LogP contribution is -1.93. The molecule has 0 aliphatic rings. The minimum Gasteiger partial charge on any atom is -0.0587 e. The number of hydrogen-bond acceptors (Lipinski definition) is 0. The first-order valence-electron chi connectivity index (χ1n) is 11.2. The average Bonchev–Trinajstić information content (AvgIpc) is 2.80. The standard InChI is InChI=1S/C32H30/c1-23-5-13-27(14-6-23)21-31(29-17-9-25(3)10-18-29)32(30-19-11-26(4)12-20-30)22-28-15-7-24(2)8-16-28/h5-22H,1-4H3. The highest BCUT2D eigenvalue weighted by molar-refractivity contribution is 6.15. The van der Waals surface area contributed by atoms with E-state index in [2.05, 4.69) is 137 Å². The predicted octanol–water partition coefficient (Wildman–Crippen LogP) is 8.70. The molecule has 4 rings (SSSR count). The summed E-state index contributed by atoms with van der Waals surface area (Å²) in [5.74, 6) is 0. The van der Waals surface area contributed by atoms with Gasteiger partial charge in [0, 0.05) is 0 Å². The second-order valence-corrected chi connectivity index (χ2v) is 8.67. The molecule has 0 saturated carbocycles. The summed E-state index contributed by atoms with van der Waals surface area (Å²) in [5, 5.41) is 0. The number of rotatable bonds is 5. The lowest BCUT2D eigenvalue weighted by Gasteiger charge is -2.16. The number of allylic oxidation sites excluding steroid dienone is 2. The first kappa shape index (κ1) is 21.6. The molecule has 0 saturated heterocycles. The van der Waals surface area contributed by atoms with E-state index in [-0.39, 0.29) is 0 Å². The summed E-state index contributed by atoms with van der Waals surface area (Å²) >= 11 is 0.